The van der Waals surface area contributed by atoms with Gasteiger partial charge in [-0.15, -0.1) is 0 Å². The summed E-state index contributed by atoms with van der Waals surface area (Å²) in [7, 11) is -1.05. The molecule has 0 spiro atoms. The van der Waals surface area contributed by atoms with Gasteiger partial charge in [0, 0.05) is 26.7 Å². The molecule has 11 nitrogen and oxygen atoms in total. The number of rotatable bonds is 10. The number of benzene rings is 2. The Morgan fingerprint density at radius 3 is 2.38 bits per heavy atom. The summed E-state index contributed by atoms with van der Waals surface area (Å²) in [6, 6.07) is 10.9. The Morgan fingerprint density at radius 2 is 1.78 bits per heavy atom. The number of nitro benzene ring substituents is 1. The van der Waals surface area contributed by atoms with Crippen molar-refractivity contribution in [2.75, 3.05) is 32.1 Å². The molecule has 172 valence electrons. The molecule has 0 saturated heterocycles. The second-order valence-corrected chi connectivity index (χ2v) is 8.82. The lowest BCUT2D eigenvalue weighted by molar-refractivity contribution is -0.384. The number of sulfonamides is 1. The first kappa shape index (κ1) is 24.8. The van der Waals surface area contributed by atoms with Crippen molar-refractivity contribution in [1.82, 2.24) is 10.0 Å². The van der Waals surface area contributed by atoms with E-state index < -0.39 is 45.7 Å². The largest absolute Gasteiger partial charge is 0.455 e. The third-order valence-electron chi connectivity index (χ3n) is 4.32. The quantitative estimate of drug-likeness (QED) is 0.302. The first-order valence-electron chi connectivity index (χ1n) is 9.43. The first-order chi connectivity index (χ1) is 15.0. The van der Waals surface area contributed by atoms with Crippen molar-refractivity contribution < 1.29 is 27.7 Å². The van der Waals surface area contributed by atoms with Crippen LogP contribution in [-0.2, 0) is 30.9 Å². The molecular formula is C20H24N4O7S. The van der Waals surface area contributed by atoms with Gasteiger partial charge in [-0.25, -0.2) is 8.42 Å². The number of carbonyl (C=O) groups excluding carboxylic acids is 2. The average Bonchev–Trinajstić information content (AvgIpc) is 2.75. The molecule has 2 aromatic carbocycles. The fourth-order valence-electron chi connectivity index (χ4n) is 2.59. The minimum atomic E-state index is -4.22. The zero-order valence-corrected chi connectivity index (χ0v) is 18.6. The Hall–Kier alpha value is -3.51. The van der Waals surface area contributed by atoms with Gasteiger partial charge in [0.15, 0.2) is 6.61 Å². The molecule has 0 bridgehead atoms. The summed E-state index contributed by atoms with van der Waals surface area (Å²) in [5.74, 6) is -1.52. The lowest BCUT2D eigenvalue weighted by Crippen LogP contribution is -2.33. The number of amides is 1. The van der Waals surface area contributed by atoms with Crippen molar-refractivity contribution in [3.63, 3.8) is 0 Å². The summed E-state index contributed by atoms with van der Waals surface area (Å²) in [4.78, 5) is 35.2. The average molecular weight is 465 g/mol. The number of ether oxygens (including phenoxy) is 1. The molecule has 0 heterocycles. The van der Waals surface area contributed by atoms with E-state index in [-0.39, 0.29) is 17.1 Å². The van der Waals surface area contributed by atoms with Crippen LogP contribution in [0.3, 0.4) is 0 Å². The van der Waals surface area contributed by atoms with Crippen molar-refractivity contribution >= 4 is 33.3 Å². The van der Waals surface area contributed by atoms with Crippen LogP contribution in [0.25, 0.3) is 0 Å². The number of nitrogens with one attached hydrogen (secondary N) is 2. The highest BCUT2D eigenvalue weighted by molar-refractivity contribution is 7.89. The molecule has 0 aliphatic rings. The lowest BCUT2D eigenvalue weighted by atomic mass is 10.1. The van der Waals surface area contributed by atoms with E-state index in [0.717, 1.165) is 17.2 Å². The van der Waals surface area contributed by atoms with Gasteiger partial charge in [-0.1, -0.05) is 29.8 Å². The smallest absolute Gasteiger partial charge is 0.321 e. The van der Waals surface area contributed by atoms with Crippen molar-refractivity contribution in [2.45, 2.75) is 18.4 Å². The fourth-order valence-corrected chi connectivity index (χ4v) is 3.58. The highest BCUT2D eigenvalue weighted by Gasteiger charge is 2.23. The lowest BCUT2D eigenvalue weighted by Gasteiger charge is -2.13. The number of aryl methyl sites for hydroxylation is 1. The molecule has 0 radical (unpaired) electrons. The molecule has 32 heavy (non-hydrogen) atoms. The van der Waals surface area contributed by atoms with Crippen LogP contribution in [0.2, 0.25) is 0 Å². The topological polar surface area (TPSA) is 148 Å². The summed E-state index contributed by atoms with van der Waals surface area (Å²) in [5.41, 5.74) is 1.79. The summed E-state index contributed by atoms with van der Waals surface area (Å²) in [5, 5.41) is 13.8. The highest BCUT2D eigenvalue weighted by Crippen LogP contribution is 2.29. The predicted molar refractivity (Wildman–Crippen MR) is 117 cm³/mol. The number of carbonyl (C=O) groups is 2. The minimum Gasteiger partial charge on any atom is -0.455 e. The Labute approximate surface area is 185 Å². The Bertz CT molecular complexity index is 1100. The Kier molecular flexibility index (Phi) is 8.27. The molecule has 0 saturated carbocycles. The first-order valence-corrected chi connectivity index (χ1v) is 10.9. The van der Waals surface area contributed by atoms with E-state index in [9.17, 15) is 28.1 Å². The number of hydrogen-bond donors (Lipinski definition) is 2. The highest BCUT2D eigenvalue weighted by atomic mass is 32.2. The van der Waals surface area contributed by atoms with Gasteiger partial charge in [0.2, 0.25) is 10.0 Å². The second kappa shape index (κ2) is 10.7. The Morgan fingerprint density at radius 1 is 1.12 bits per heavy atom. The van der Waals surface area contributed by atoms with Crippen LogP contribution in [-0.4, -0.2) is 52.5 Å². The van der Waals surface area contributed by atoms with E-state index in [1.54, 1.807) is 14.1 Å². The minimum absolute atomic E-state index is 0.227. The maximum atomic E-state index is 12.4. The van der Waals surface area contributed by atoms with Gasteiger partial charge < -0.3 is 15.0 Å². The molecule has 2 N–H and O–H groups in total. The third kappa shape index (κ3) is 7.03. The van der Waals surface area contributed by atoms with Gasteiger partial charge in [-0.3, -0.25) is 19.7 Å². The number of hydrogen-bond acceptors (Lipinski definition) is 8. The molecule has 0 unspecified atom stereocenters. The molecule has 0 aliphatic carbocycles. The molecular weight excluding hydrogens is 440 g/mol. The van der Waals surface area contributed by atoms with Gasteiger partial charge in [-0.2, -0.15) is 4.72 Å². The molecule has 0 aliphatic heterocycles. The maximum Gasteiger partial charge on any atom is 0.321 e. The van der Waals surface area contributed by atoms with E-state index in [0.29, 0.717) is 0 Å². The second-order valence-electron chi connectivity index (χ2n) is 7.05. The molecule has 1 amide bonds. The van der Waals surface area contributed by atoms with Crippen molar-refractivity contribution in [3.05, 3.63) is 63.7 Å². The van der Waals surface area contributed by atoms with Gasteiger partial charge >= 0.3 is 5.97 Å². The van der Waals surface area contributed by atoms with Crippen LogP contribution in [0.15, 0.2) is 47.4 Å². The predicted octanol–water partition coefficient (Wildman–Crippen LogP) is 1.11. The number of nitrogens with zero attached hydrogens (tertiary/aromatic N) is 2. The molecule has 0 aromatic heterocycles. The van der Waals surface area contributed by atoms with E-state index in [1.807, 2.05) is 35.9 Å². The summed E-state index contributed by atoms with van der Waals surface area (Å²) in [6.07, 6.45) is 0. The normalized spacial score (nSPS) is 11.0. The number of nitro groups is 1. The number of esters is 1. The van der Waals surface area contributed by atoms with Crippen LogP contribution >= 0.6 is 0 Å². The summed E-state index contributed by atoms with van der Waals surface area (Å²) < 4.78 is 31.5. The van der Waals surface area contributed by atoms with Gasteiger partial charge in [0.05, 0.1) is 9.82 Å². The zero-order valence-electron chi connectivity index (χ0n) is 17.8. The van der Waals surface area contributed by atoms with Crippen molar-refractivity contribution in [3.8, 4) is 0 Å². The van der Waals surface area contributed by atoms with E-state index in [1.165, 1.54) is 17.0 Å². The molecule has 2 aromatic rings. The summed E-state index contributed by atoms with van der Waals surface area (Å²) in [6.45, 7) is 0.882. The van der Waals surface area contributed by atoms with Crippen molar-refractivity contribution in [1.29, 1.82) is 0 Å². The molecule has 2 rings (SSSR count). The molecule has 0 atom stereocenters. The van der Waals surface area contributed by atoms with Gasteiger partial charge in [0.1, 0.15) is 12.2 Å². The van der Waals surface area contributed by atoms with Gasteiger partial charge in [0.25, 0.3) is 11.6 Å². The third-order valence-corrected chi connectivity index (χ3v) is 5.72. The number of anilines is 1. The summed E-state index contributed by atoms with van der Waals surface area (Å²) >= 11 is 0. The monoisotopic (exact) mass is 464 g/mol. The Balaban J connectivity index is 1.87. The van der Waals surface area contributed by atoms with E-state index >= 15 is 0 Å². The zero-order chi connectivity index (χ0) is 23.9. The molecule has 0 fully saturated rings. The van der Waals surface area contributed by atoms with Crippen molar-refractivity contribution in [2.24, 2.45) is 0 Å². The SMILES string of the molecule is Cc1ccc(CNC(=O)COC(=O)CNS(=O)(=O)c2ccc(N(C)C)c([N+](=O)[O-])c2)cc1. The fraction of sp³-hybridized carbons (Fsp3) is 0.300. The van der Waals surface area contributed by atoms with Crippen LogP contribution in [0.4, 0.5) is 11.4 Å². The van der Waals surface area contributed by atoms with Crippen LogP contribution in [0, 0.1) is 17.0 Å². The van der Waals surface area contributed by atoms with Crippen LogP contribution in [0.5, 0.6) is 0 Å². The van der Waals surface area contributed by atoms with Crippen LogP contribution in [0.1, 0.15) is 11.1 Å². The maximum absolute atomic E-state index is 12.4. The van der Waals surface area contributed by atoms with E-state index in [2.05, 4.69) is 5.32 Å². The standard InChI is InChI=1S/C20H24N4O7S/c1-14-4-6-15(7-5-14)11-21-19(25)13-31-20(26)12-22-32(29,30)16-8-9-17(23(2)3)18(10-16)24(27)28/h4-10,22H,11-13H2,1-3H3,(H,21,25). The van der Waals surface area contributed by atoms with E-state index in [4.69, 9.17) is 4.74 Å². The molecule has 12 heteroatoms. The van der Waals surface area contributed by atoms with Gasteiger partial charge in [-0.05, 0) is 24.6 Å². The van der Waals surface area contributed by atoms with Crippen LogP contribution < -0.4 is 14.9 Å².